The monoisotopic (exact) mass is 384 g/mol. The fourth-order valence-electron chi connectivity index (χ4n) is 2.21. The molecule has 0 spiro atoms. The average molecular weight is 385 g/mol. The van der Waals surface area contributed by atoms with E-state index in [4.69, 9.17) is 9.47 Å². The zero-order valence-corrected chi connectivity index (χ0v) is 14.8. The standard InChI is InChI=1S/C19H17BrN2O2/c1-23-18-4-2-14(3-5-18)13-24-19-11-15(20)10-17(12-19)22-16-6-8-21-9-7-16/h2-12H,13H2,1H3,(H,21,22). The van der Waals surface area contributed by atoms with Crippen LogP contribution >= 0.6 is 15.9 Å². The topological polar surface area (TPSA) is 43.4 Å². The summed E-state index contributed by atoms with van der Waals surface area (Å²) >= 11 is 3.52. The van der Waals surface area contributed by atoms with Crippen molar-refractivity contribution in [2.24, 2.45) is 0 Å². The molecular weight excluding hydrogens is 368 g/mol. The molecule has 1 aromatic heterocycles. The zero-order valence-electron chi connectivity index (χ0n) is 13.2. The highest BCUT2D eigenvalue weighted by Crippen LogP contribution is 2.27. The lowest BCUT2D eigenvalue weighted by atomic mass is 10.2. The van der Waals surface area contributed by atoms with Crippen molar-refractivity contribution < 1.29 is 9.47 Å². The molecule has 0 saturated carbocycles. The van der Waals surface area contributed by atoms with E-state index < -0.39 is 0 Å². The van der Waals surface area contributed by atoms with Gasteiger partial charge in [0, 0.05) is 34.3 Å². The molecule has 3 rings (SSSR count). The Morgan fingerprint density at radius 2 is 1.67 bits per heavy atom. The molecule has 3 aromatic rings. The van der Waals surface area contributed by atoms with Gasteiger partial charge in [0.25, 0.3) is 0 Å². The molecular formula is C19H17BrN2O2. The summed E-state index contributed by atoms with van der Waals surface area (Å²) in [6.45, 7) is 0.495. The summed E-state index contributed by atoms with van der Waals surface area (Å²) in [4.78, 5) is 4.01. The molecule has 24 heavy (non-hydrogen) atoms. The van der Waals surface area contributed by atoms with Crippen LogP contribution in [0.3, 0.4) is 0 Å². The molecule has 0 bridgehead atoms. The summed E-state index contributed by atoms with van der Waals surface area (Å²) in [7, 11) is 1.66. The van der Waals surface area contributed by atoms with Crippen molar-refractivity contribution in [3.8, 4) is 11.5 Å². The van der Waals surface area contributed by atoms with Gasteiger partial charge in [-0.3, -0.25) is 4.98 Å². The number of hydrogen-bond donors (Lipinski definition) is 1. The zero-order chi connectivity index (χ0) is 16.8. The lowest BCUT2D eigenvalue weighted by Crippen LogP contribution is -1.97. The van der Waals surface area contributed by atoms with Gasteiger partial charge in [-0.2, -0.15) is 0 Å². The number of aromatic nitrogens is 1. The van der Waals surface area contributed by atoms with Gasteiger partial charge in [-0.25, -0.2) is 0 Å². The molecule has 4 nitrogen and oxygen atoms in total. The summed E-state index contributed by atoms with van der Waals surface area (Å²) in [5, 5.41) is 3.33. The van der Waals surface area contributed by atoms with Crippen LogP contribution in [-0.2, 0) is 6.61 Å². The van der Waals surface area contributed by atoms with E-state index in [-0.39, 0.29) is 0 Å². The van der Waals surface area contributed by atoms with Gasteiger partial charge in [-0.1, -0.05) is 28.1 Å². The van der Waals surface area contributed by atoms with E-state index in [9.17, 15) is 0 Å². The van der Waals surface area contributed by atoms with Crippen molar-refractivity contribution in [1.29, 1.82) is 0 Å². The molecule has 0 aliphatic carbocycles. The molecule has 0 radical (unpaired) electrons. The predicted octanol–water partition coefficient (Wildman–Crippen LogP) is 5.18. The Morgan fingerprint density at radius 1 is 0.917 bits per heavy atom. The van der Waals surface area contributed by atoms with E-state index in [1.807, 2.05) is 54.6 Å². The minimum Gasteiger partial charge on any atom is -0.497 e. The van der Waals surface area contributed by atoms with E-state index in [2.05, 4.69) is 26.2 Å². The van der Waals surface area contributed by atoms with Crippen LogP contribution in [0.4, 0.5) is 11.4 Å². The number of benzene rings is 2. The van der Waals surface area contributed by atoms with E-state index >= 15 is 0 Å². The molecule has 0 atom stereocenters. The largest absolute Gasteiger partial charge is 0.497 e. The first-order valence-electron chi connectivity index (χ1n) is 7.46. The van der Waals surface area contributed by atoms with Gasteiger partial charge in [0.15, 0.2) is 0 Å². The van der Waals surface area contributed by atoms with Crippen LogP contribution in [-0.4, -0.2) is 12.1 Å². The Balaban J connectivity index is 1.69. The highest BCUT2D eigenvalue weighted by molar-refractivity contribution is 9.10. The normalized spacial score (nSPS) is 10.2. The number of nitrogens with one attached hydrogen (secondary N) is 1. The number of anilines is 2. The predicted molar refractivity (Wildman–Crippen MR) is 99.0 cm³/mol. The maximum atomic E-state index is 5.90. The molecule has 1 N–H and O–H groups in total. The number of halogens is 1. The van der Waals surface area contributed by atoms with Crippen LogP contribution in [0, 0.1) is 0 Å². The molecule has 0 amide bonds. The highest BCUT2D eigenvalue weighted by atomic mass is 79.9. The molecule has 5 heteroatoms. The average Bonchev–Trinajstić information content (AvgIpc) is 2.61. The van der Waals surface area contributed by atoms with Crippen molar-refractivity contribution in [1.82, 2.24) is 4.98 Å². The van der Waals surface area contributed by atoms with Crippen molar-refractivity contribution in [3.63, 3.8) is 0 Å². The van der Waals surface area contributed by atoms with Gasteiger partial charge in [-0.15, -0.1) is 0 Å². The first-order chi connectivity index (χ1) is 11.7. The summed E-state index contributed by atoms with van der Waals surface area (Å²) < 4.78 is 12.0. The molecule has 0 aliphatic heterocycles. The minimum absolute atomic E-state index is 0.495. The van der Waals surface area contributed by atoms with Gasteiger partial charge < -0.3 is 14.8 Å². The molecule has 0 unspecified atom stereocenters. The minimum atomic E-state index is 0.495. The van der Waals surface area contributed by atoms with Gasteiger partial charge in [0.2, 0.25) is 0 Å². The van der Waals surface area contributed by atoms with E-state index in [0.717, 1.165) is 32.9 Å². The van der Waals surface area contributed by atoms with Crippen molar-refractivity contribution in [2.45, 2.75) is 6.61 Å². The number of nitrogens with zero attached hydrogens (tertiary/aromatic N) is 1. The highest BCUT2D eigenvalue weighted by Gasteiger charge is 2.03. The molecule has 1 heterocycles. The van der Waals surface area contributed by atoms with Crippen LogP contribution in [0.1, 0.15) is 5.56 Å². The maximum Gasteiger partial charge on any atom is 0.123 e. The smallest absolute Gasteiger partial charge is 0.123 e. The maximum absolute atomic E-state index is 5.90. The van der Waals surface area contributed by atoms with E-state index in [1.54, 1.807) is 19.5 Å². The number of methoxy groups -OCH3 is 1. The number of hydrogen-bond acceptors (Lipinski definition) is 4. The van der Waals surface area contributed by atoms with Crippen molar-refractivity contribution in [3.05, 3.63) is 77.0 Å². The molecule has 0 aliphatic rings. The molecule has 122 valence electrons. The summed E-state index contributed by atoms with van der Waals surface area (Å²) in [6.07, 6.45) is 3.50. The number of rotatable bonds is 6. The molecule has 0 saturated heterocycles. The van der Waals surface area contributed by atoms with E-state index in [0.29, 0.717) is 6.61 Å². The summed E-state index contributed by atoms with van der Waals surface area (Å²) in [5.41, 5.74) is 3.00. The number of pyridine rings is 1. The van der Waals surface area contributed by atoms with Gasteiger partial charge in [0.1, 0.15) is 18.1 Å². The van der Waals surface area contributed by atoms with Crippen LogP contribution in [0.15, 0.2) is 71.5 Å². The Hall–Kier alpha value is -2.53. The fourth-order valence-corrected chi connectivity index (χ4v) is 2.68. The Kier molecular flexibility index (Phi) is 5.33. The van der Waals surface area contributed by atoms with Gasteiger partial charge in [0.05, 0.1) is 7.11 Å². The SMILES string of the molecule is COc1ccc(COc2cc(Br)cc(Nc3ccncc3)c2)cc1. The molecule has 0 fully saturated rings. The second kappa shape index (κ2) is 7.84. The van der Waals surface area contributed by atoms with Gasteiger partial charge >= 0.3 is 0 Å². The van der Waals surface area contributed by atoms with Gasteiger partial charge in [-0.05, 0) is 42.0 Å². The van der Waals surface area contributed by atoms with Crippen molar-refractivity contribution >= 4 is 27.3 Å². The fraction of sp³-hybridized carbons (Fsp3) is 0.105. The second-order valence-corrected chi connectivity index (χ2v) is 6.09. The Morgan fingerprint density at radius 3 is 2.38 bits per heavy atom. The second-order valence-electron chi connectivity index (χ2n) is 5.17. The van der Waals surface area contributed by atoms with Crippen LogP contribution in [0.25, 0.3) is 0 Å². The lowest BCUT2D eigenvalue weighted by molar-refractivity contribution is 0.306. The first kappa shape index (κ1) is 16.3. The van der Waals surface area contributed by atoms with Crippen LogP contribution in [0.5, 0.6) is 11.5 Å². The quantitative estimate of drug-likeness (QED) is 0.635. The Labute approximate surface area is 149 Å². The van der Waals surface area contributed by atoms with Crippen LogP contribution in [0.2, 0.25) is 0 Å². The van der Waals surface area contributed by atoms with E-state index in [1.165, 1.54) is 0 Å². The Bertz CT molecular complexity index is 792. The third-order valence-electron chi connectivity index (χ3n) is 3.40. The summed E-state index contributed by atoms with van der Waals surface area (Å²) in [5.74, 6) is 1.63. The summed E-state index contributed by atoms with van der Waals surface area (Å²) in [6, 6.07) is 17.6. The van der Waals surface area contributed by atoms with Crippen LogP contribution < -0.4 is 14.8 Å². The lowest BCUT2D eigenvalue weighted by Gasteiger charge is -2.11. The third kappa shape index (κ3) is 4.49. The number of ether oxygens (including phenoxy) is 2. The van der Waals surface area contributed by atoms with Crippen molar-refractivity contribution in [2.75, 3.05) is 12.4 Å². The first-order valence-corrected chi connectivity index (χ1v) is 8.25. The third-order valence-corrected chi connectivity index (χ3v) is 3.86. The molecule has 2 aromatic carbocycles.